The highest BCUT2D eigenvalue weighted by molar-refractivity contribution is 5.87. The molecule has 4 rings (SSSR count). The molecule has 3 aromatic carbocycles. The van der Waals surface area contributed by atoms with Gasteiger partial charge in [0, 0.05) is 11.4 Å². The average Bonchev–Trinajstić information content (AvgIpc) is 2.97. The van der Waals surface area contributed by atoms with Crippen molar-refractivity contribution in [1.29, 1.82) is 0 Å². The number of hydrogen-bond acceptors (Lipinski definition) is 3. The molecular formula is C21H18N2O2. The van der Waals surface area contributed by atoms with Crippen LogP contribution in [0.1, 0.15) is 16.7 Å². The third kappa shape index (κ3) is 3.19. The maximum absolute atomic E-state index is 12.0. The van der Waals surface area contributed by atoms with Crippen LogP contribution in [0.15, 0.2) is 66.7 Å². The molecule has 4 nitrogen and oxygen atoms in total. The summed E-state index contributed by atoms with van der Waals surface area (Å²) in [6.07, 6.45) is 0.369. The molecule has 0 saturated heterocycles. The van der Waals surface area contributed by atoms with Crippen molar-refractivity contribution in [3.05, 3.63) is 83.4 Å². The Morgan fingerprint density at radius 3 is 2.48 bits per heavy atom. The minimum atomic E-state index is -0.455. The zero-order valence-electron chi connectivity index (χ0n) is 13.7. The molecule has 1 aliphatic rings. The summed E-state index contributed by atoms with van der Waals surface area (Å²) in [7, 11) is 0. The molecule has 0 aliphatic heterocycles. The number of carbonyl (C=O) groups excluding carboxylic acids is 1. The van der Waals surface area contributed by atoms with Crippen LogP contribution in [-0.4, -0.2) is 6.09 Å². The van der Waals surface area contributed by atoms with Gasteiger partial charge in [-0.15, -0.1) is 0 Å². The summed E-state index contributed by atoms with van der Waals surface area (Å²) >= 11 is 0. The first-order valence-electron chi connectivity index (χ1n) is 8.18. The molecule has 0 aromatic heterocycles. The lowest BCUT2D eigenvalue weighted by Crippen LogP contribution is -2.13. The van der Waals surface area contributed by atoms with Crippen LogP contribution in [0.25, 0.3) is 11.1 Å². The molecule has 0 atom stereocenters. The highest BCUT2D eigenvalue weighted by Crippen LogP contribution is 2.38. The van der Waals surface area contributed by atoms with E-state index in [-0.39, 0.29) is 6.61 Å². The number of fused-ring (bicyclic) bond motifs is 3. The Morgan fingerprint density at radius 1 is 0.960 bits per heavy atom. The maximum atomic E-state index is 12.0. The molecule has 124 valence electrons. The van der Waals surface area contributed by atoms with Gasteiger partial charge in [-0.25, -0.2) is 4.79 Å². The second-order valence-electron chi connectivity index (χ2n) is 6.15. The predicted octanol–water partition coefficient (Wildman–Crippen LogP) is 4.59. The van der Waals surface area contributed by atoms with E-state index in [2.05, 4.69) is 11.4 Å². The van der Waals surface area contributed by atoms with Crippen LogP contribution in [0.3, 0.4) is 0 Å². The lowest BCUT2D eigenvalue weighted by atomic mass is 10.1. The second kappa shape index (κ2) is 6.32. The van der Waals surface area contributed by atoms with Crippen molar-refractivity contribution in [2.24, 2.45) is 0 Å². The Kier molecular flexibility index (Phi) is 3.86. The van der Waals surface area contributed by atoms with Crippen molar-refractivity contribution in [3.8, 4) is 11.1 Å². The summed E-state index contributed by atoms with van der Waals surface area (Å²) in [6.45, 7) is 0.252. The van der Waals surface area contributed by atoms with Crippen molar-refractivity contribution < 1.29 is 9.53 Å². The Balaban J connectivity index is 1.44. The highest BCUT2D eigenvalue weighted by Gasteiger charge is 2.19. The molecule has 0 spiro atoms. The summed E-state index contributed by atoms with van der Waals surface area (Å²) in [6, 6.07) is 21.5. The van der Waals surface area contributed by atoms with E-state index < -0.39 is 6.09 Å². The van der Waals surface area contributed by atoms with Crippen molar-refractivity contribution in [3.63, 3.8) is 0 Å². The molecule has 0 fully saturated rings. The van der Waals surface area contributed by atoms with Gasteiger partial charge in [0.05, 0.1) is 0 Å². The standard InChI is InChI=1S/C21H18N2O2/c22-17-6-8-19-15(11-17)10-16-12-18(7-9-20(16)19)23-21(24)25-13-14-4-2-1-3-5-14/h1-9,11-12H,10,13,22H2,(H,23,24). The number of nitrogen functional groups attached to an aromatic ring is 1. The SMILES string of the molecule is Nc1ccc2c(c1)Cc1cc(NC(=O)OCc3ccccc3)ccc1-2. The molecule has 3 aromatic rings. The fourth-order valence-electron chi connectivity index (χ4n) is 3.19. The smallest absolute Gasteiger partial charge is 0.411 e. The molecule has 1 amide bonds. The Bertz CT molecular complexity index is 936. The normalized spacial score (nSPS) is 11.5. The number of nitrogens with two attached hydrogens (primary N) is 1. The first kappa shape index (κ1) is 15.3. The summed E-state index contributed by atoms with van der Waals surface area (Å²) < 4.78 is 5.26. The molecule has 1 aliphatic carbocycles. The summed E-state index contributed by atoms with van der Waals surface area (Å²) in [4.78, 5) is 12.0. The molecule has 0 unspecified atom stereocenters. The van der Waals surface area contributed by atoms with Crippen molar-refractivity contribution in [1.82, 2.24) is 0 Å². The van der Waals surface area contributed by atoms with Gasteiger partial charge in [0.15, 0.2) is 0 Å². The van der Waals surface area contributed by atoms with Crippen LogP contribution in [0, 0.1) is 0 Å². The van der Waals surface area contributed by atoms with Gasteiger partial charge in [0.1, 0.15) is 6.61 Å². The highest BCUT2D eigenvalue weighted by atomic mass is 16.5. The van der Waals surface area contributed by atoms with Crippen LogP contribution >= 0.6 is 0 Å². The third-order valence-electron chi connectivity index (χ3n) is 4.36. The van der Waals surface area contributed by atoms with Gasteiger partial charge in [-0.2, -0.15) is 0 Å². The van der Waals surface area contributed by atoms with Gasteiger partial charge in [0.2, 0.25) is 0 Å². The second-order valence-corrected chi connectivity index (χ2v) is 6.15. The van der Waals surface area contributed by atoms with Crippen LogP contribution in [-0.2, 0) is 17.8 Å². The van der Waals surface area contributed by atoms with Crippen molar-refractivity contribution >= 4 is 17.5 Å². The fraction of sp³-hybridized carbons (Fsp3) is 0.0952. The first-order chi connectivity index (χ1) is 12.2. The van der Waals surface area contributed by atoms with Gasteiger partial charge in [-0.3, -0.25) is 5.32 Å². The molecule has 25 heavy (non-hydrogen) atoms. The van der Waals surface area contributed by atoms with Crippen LogP contribution in [0.5, 0.6) is 0 Å². The van der Waals surface area contributed by atoms with Crippen LogP contribution in [0.2, 0.25) is 0 Å². The molecule has 0 radical (unpaired) electrons. The molecule has 3 N–H and O–H groups in total. The summed E-state index contributed by atoms with van der Waals surface area (Å²) in [5.41, 5.74) is 13.1. The van der Waals surface area contributed by atoms with E-state index in [0.29, 0.717) is 0 Å². The number of anilines is 2. The monoisotopic (exact) mass is 330 g/mol. The number of nitrogens with one attached hydrogen (secondary N) is 1. The summed E-state index contributed by atoms with van der Waals surface area (Å²) in [5.74, 6) is 0. The average molecular weight is 330 g/mol. The molecule has 0 heterocycles. The predicted molar refractivity (Wildman–Crippen MR) is 99.3 cm³/mol. The largest absolute Gasteiger partial charge is 0.444 e. The van der Waals surface area contributed by atoms with Gasteiger partial charge >= 0.3 is 6.09 Å². The van der Waals surface area contributed by atoms with Crippen LogP contribution < -0.4 is 11.1 Å². The van der Waals surface area contributed by atoms with E-state index in [4.69, 9.17) is 10.5 Å². The van der Waals surface area contributed by atoms with Gasteiger partial charge in [0.25, 0.3) is 0 Å². The lowest BCUT2D eigenvalue weighted by Gasteiger charge is -2.09. The quantitative estimate of drug-likeness (QED) is 0.540. The third-order valence-corrected chi connectivity index (χ3v) is 4.36. The Labute approximate surface area is 146 Å². The molecule has 0 saturated carbocycles. The molecular weight excluding hydrogens is 312 g/mol. The van der Waals surface area contributed by atoms with E-state index in [9.17, 15) is 4.79 Å². The van der Waals surface area contributed by atoms with E-state index in [0.717, 1.165) is 23.4 Å². The zero-order valence-corrected chi connectivity index (χ0v) is 13.7. The van der Waals surface area contributed by atoms with Crippen molar-refractivity contribution in [2.75, 3.05) is 11.1 Å². The number of benzene rings is 3. The Hall–Kier alpha value is -3.27. The van der Waals surface area contributed by atoms with E-state index in [1.165, 1.54) is 22.3 Å². The van der Waals surface area contributed by atoms with Crippen LogP contribution in [0.4, 0.5) is 16.2 Å². The lowest BCUT2D eigenvalue weighted by molar-refractivity contribution is 0.155. The number of rotatable bonds is 3. The zero-order chi connectivity index (χ0) is 17.2. The number of ether oxygens (including phenoxy) is 1. The first-order valence-corrected chi connectivity index (χ1v) is 8.18. The number of hydrogen-bond donors (Lipinski definition) is 2. The molecule has 0 bridgehead atoms. The van der Waals surface area contributed by atoms with Gasteiger partial charge in [-0.1, -0.05) is 42.5 Å². The minimum absolute atomic E-state index is 0.252. The maximum Gasteiger partial charge on any atom is 0.411 e. The Morgan fingerprint density at radius 2 is 1.68 bits per heavy atom. The minimum Gasteiger partial charge on any atom is -0.444 e. The van der Waals surface area contributed by atoms with E-state index in [1.807, 2.05) is 60.7 Å². The van der Waals surface area contributed by atoms with Gasteiger partial charge < -0.3 is 10.5 Å². The van der Waals surface area contributed by atoms with Crippen molar-refractivity contribution in [2.45, 2.75) is 13.0 Å². The fourth-order valence-corrected chi connectivity index (χ4v) is 3.19. The summed E-state index contributed by atoms with van der Waals surface area (Å²) in [5, 5.41) is 2.79. The number of amides is 1. The van der Waals surface area contributed by atoms with Gasteiger partial charge in [-0.05, 0) is 58.5 Å². The van der Waals surface area contributed by atoms with E-state index >= 15 is 0 Å². The molecule has 4 heteroatoms. The van der Waals surface area contributed by atoms with E-state index in [1.54, 1.807) is 0 Å². The number of carbonyl (C=O) groups is 1. The topological polar surface area (TPSA) is 64.3 Å².